The Balaban J connectivity index is 1.52. The normalized spacial score (nSPS) is 22.3. The van der Waals surface area contributed by atoms with E-state index in [4.69, 9.17) is 44.3 Å². The van der Waals surface area contributed by atoms with Crippen molar-refractivity contribution >= 4 is 51.8 Å². The quantitative estimate of drug-likeness (QED) is 0.415. The van der Waals surface area contributed by atoms with Gasteiger partial charge in [0.2, 0.25) is 3.79 Å². The van der Waals surface area contributed by atoms with Crippen molar-refractivity contribution in [3.8, 4) is 5.75 Å². The molecule has 1 amide bonds. The van der Waals surface area contributed by atoms with Crippen LogP contribution in [-0.4, -0.2) is 46.6 Å². The molecular weight excluding hydrogens is 502 g/mol. The van der Waals surface area contributed by atoms with Gasteiger partial charge in [0.05, 0.1) is 7.11 Å². The van der Waals surface area contributed by atoms with E-state index in [0.29, 0.717) is 19.5 Å². The average Bonchev–Trinajstić information content (AvgIpc) is 3.16. The summed E-state index contributed by atoms with van der Waals surface area (Å²) in [5.74, 6) is 0.613. The van der Waals surface area contributed by atoms with Crippen molar-refractivity contribution in [1.82, 2.24) is 9.88 Å². The molecule has 1 aromatic heterocycles. The molecule has 0 radical (unpaired) electrons. The highest BCUT2D eigenvalue weighted by Crippen LogP contribution is 2.49. The molecule has 180 valence electrons. The summed E-state index contributed by atoms with van der Waals surface area (Å²) >= 11 is 17.3. The molecule has 5 rings (SSSR count). The fraction of sp³-hybridized carbons (Fsp3) is 0.400. The van der Waals surface area contributed by atoms with Gasteiger partial charge in [0.25, 0.3) is 0 Å². The Kier molecular flexibility index (Phi) is 6.11. The first-order chi connectivity index (χ1) is 16.2. The van der Waals surface area contributed by atoms with Crippen molar-refractivity contribution < 1.29 is 18.7 Å². The van der Waals surface area contributed by atoms with Gasteiger partial charge in [-0.25, -0.2) is 9.18 Å². The molecule has 1 aliphatic heterocycles. The number of H-pyrrole nitrogens is 1. The number of carbonyl (C=O) groups excluding carboxylic acids is 1. The summed E-state index contributed by atoms with van der Waals surface area (Å²) in [4.78, 5) is 18.0. The Morgan fingerprint density at radius 2 is 2.09 bits per heavy atom. The number of methoxy groups -OCH3 is 1. The number of halogens is 4. The van der Waals surface area contributed by atoms with E-state index in [0.717, 1.165) is 40.8 Å². The number of hydrogen-bond donors (Lipinski definition) is 1. The van der Waals surface area contributed by atoms with Crippen LogP contribution in [0.25, 0.3) is 10.9 Å². The maximum Gasteiger partial charge on any atom is 0.409 e. The molecule has 0 saturated carbocycles. The van der Waals surface area contributed by atoms with Crippen molar-refractivity contribution in [2.45, 2.75) is 28.5 Å². The number of nitrogens with one attached hydrogen (secondary N) is 1. The second-order valence-corrected chi connectivity index (χ2v) is 11.6. The molecule has 1 fully saturated rings. The topological polar surface area (TPSA) is 54.6 Å². The number of piperidine rings is 1. The number of rotatable bonds is 3. The van der Waals surface area contributed by atoms with Crippen molar-refractivity contribution in [3.05, 3.63) is 65.1 Å². The lowest BCUT2D eigenvalue weighted by Crippen LogP contribution is -2.55. The number of amides is 1. The summed E-state index contributed by atoms with van der Waals surface area (Å²) in [6.45, 7) is 0.679. The third-order valence-electron chi connectivity index (χ3n) is 7.21. The molecule has 0 bridgehead atoms. The van der Waals surface area contributed by atoms with E-state index in [1.807, 2.05) is 12.1 Å². The largest absolute Gasteiger partial charge is 0.497 e. The number of fused-ring (bicyclic) bond motifs is 4. The first kappa shape index (κ1) is 23.6. The van der Waals surface area contributed by atoms with Crippen LogP contribution in [0.3, 0.4) is 0 Å². The van der Waals surface area contributed by atoms with E-state index in [-0.39, 0.29) is 23.8 Å². The molecular formula is C25H24Cl3FN2O3. The van der Waals surface area contributed by atoms with Crippen LogP contribution in [0.15, 0.2) is 42.5 Å². The number of likely N-dealkylation sites (tertiary alicyclic amines) is 1. The fourth-order valence-corrected chi connectivity index (χ4v) is 5.76. The molecule has 2 aromatic carbocycles. The highest BCUT2D eigenvalue weighted by molar-refractivity contribution is 6.67. The van der Waals surface area contributed by atoms with Gasteiger partial charge in [-0.1, -0.05) is 46.9 Å². The number of alkyl halides is 3. The Hall–Kier alpha value is -2.15. The van der Waals surface area contributed by atoms with Crippen LogP contribution in [0, 0.1) is 11.7 Å². The maximum atomic E-state index is 14.1. The monoisotopic (exact) mass is 524 g/mol. The lowest BCUT2D eigenvalue weighted by molar-refractivity contribution is 0.0539. The molecule has 5 nitrogen and oxygen atoms in total. The Labute approximate surface area is 212 Å². The van der Waals surface area contributed by atoms with Crippen LogP contribution in [0.4, 0.5) is 9.18 Å². The van der Waals surface area contributed by atoms with Crippen molar-refractivity contribution in [2.24, 2.45) is 5.92 Å². The van der Waals surface area contributed by atoms with E-state index in [2.05, 4.69) is 17.1 Å². The number of ether oxygens (including phenoxy) is 2. The standard InChI is InChI=1S/C25H24Cl3FN2O3/c1-33-18-4-2-3-15(9-18)24-7-8-31(23(32)34-14-25(26,27)28)13-16(24)10-19-20-11-17(29)5-6-21(20)30-22(19)12-24/h2-6,9,11,16,30H,7-8,10,12-14H2,1H3/t16?,24-/m1/s1. The lowest BCUT2D eigenvalue weighted by Gasteiger charge is -2.50. The average molecular weight is 526 g/mol. The first-order valence-corrected chi connectivity index (χ1v) is 12.2. The molecule has 1 saturated heterocycles. The molecule has 2 heterocycles. The smallest absolute Gasteiger partial charge is 0.409 e. The van der Waals surface area contributed by atoms with E-state index in [1.54, 1.807) is 24.1 Å². The number of nitrogens with zero attached hydrogens (tertiary/aromatic N) is 1. The molecule has 3 aromatic rings. The lowest BCUT2D eigenvalue weighted by atomic mass is 9.59. The highest BCUT2D eigenvalue weighted by atomic mass is 35.6. The minimum atomic E-state index is -1.66. The van der Waals surface area contributed by atoms with Gasteiger partial charge in [0.15, 0.2) is 0 Å². The zero-order valence-electron chi connectivity index (χ0n) is 18.5. The zero-order valence-corrected chi connectivity index (χ0v) is 20.8. The van der Waals surface area contributed by atoms with Crippen LogP contribution in [0.5, 0.6) is 5.75 Å². The van der Waals surface area contributed by atoms with Crippen LogP contribution in [0.1, 0.15) is 23.2 Å². The van der Waals surface area contributed by atoms with Crippen LogP contribution >= 0.6 is 34.8 Å². The highest BCUT2D eigenvalue weighted by Gasteiger charge is 2.49. The molecule has 1 aliphatic carbocycles. The summed E-state index contributed by atoms with van der Waals surface area (Å²) in [6.07, 6.45) is 1.69. The van der Waals surface area contributed by atoms with Gasteiger partial charge < -0.3 is 19.4 Å². The summed E-state index contributed by atoms with van der Waals surface area (Å²) in [5.41, 5.74) is 4.10. The van der Waals surface area contributed by atoms with Crippen molar-refractivity contribution in [2.75, 3.05) is 26.8 Å². The molecule has 0 spiro atoms. The molecule has 1 unspecified atom stereocenters. The number of hydrogen-bond acceptors (Lipinski definition) is 3. The van der Waals surface area contributed by atoms with Crippen LogP contribution in [-0.2, 0) is 23.0 Å². The summed E-state index contributed by atoms with van der Waals surface area (Å²) in [6, 6.07) is 13.0. The van der Waals surface area contributed by atoms with E-state index in [1.165, 1.54) is 11.6 Å². The molecule has 9 heteroatoms. The van der Waals surface area contributed by atoms with Crippen molar-refractivity contribution in [1.29, 1.82) is 0 Å². The minimum Gasteiger partial charge on any atom is -0.497 e. The van der Waals surface area contributed by atoms with Gasteiger partial charge >= 0.3 is 6.09 Å². The first-order valence-electron chi connectivity index (χ1n) is 11.1. The number of benzene rings is 2. The van der Waals surface area contributed by atoms with Gasteiger partial charge in [0.1, 0.15) is 18.2 Å². The number of aromatic amines is 1. The minimum absolute atomic E-state index is 0.0865. The fourth-order valence-electron chi connectivity index (χ4n) is 5.60. The van der Waals surface area contributed by atoms with Gasteiger partial charge in [-0.15, -0.1) is 0 Å². The van der Waals surface area contributed by atoms with Gasteiger partial charge in [-0.2, -0.15) is 0 Å². The Bertz CT molecular complexity index is 1240. The molecule has 2 aliphatic rings. The van der Waals surface area contributed by atoms with E-state index < -0.39 is 9.89 Å². The summed E-state index contributed by atoms with van der Waals surface area (Å²) < 4.78 is 23.2. The molecule has 34 heavy (non-hydrogen) atoms. The van der Waals surface area contributed by atoms with Gasteiger partial charge in [-0.3, -0.25) is 0 Å². The van der Waals surface area contributed by atoms with Crippen molar-refractivity contribution in [3.63, 3.8) is 0 Å². The van der Waals surface area contributed by atoms with E-state index in [9.17, 15) is 9.18 Å². The predicted octanol–water partition coefficient (Wildman–Crippen LogP) is 6.18. The number of carbonyl (C=O) groups is 1. The zero-order chi connectivity index (χ0) is 24.1. The Morgan fingerprint density at radius 3 is 2.85 bits per heavy atom. The van der Waals surface area contributed by atoms with Gasteiger partial charge in [0, 0.05) is 35.1 Å². The third-order valence-corrected chi connectivity index (χ3v) is 7.54. The summed E-state index contributed by atoms with van der Waals surface area (Å²) in [5, 5.41) is 0.894. The maximum absolute atomic E-state index is 14.1. The van der Waals surface area contributed by atoms with Gasteiger partial charge in [-0.05, 0) is 66.6 Å². The van der Waals surface area contributed by atoms with Crippen LogP contribution < -0.4 is 4.74 Å². The van der Waals surface area contributed by atoms with Crippen LogP contribution in [0.2, 0.25) is 0 Å². The predicted molar refractivity (Wildman–Crippen MR) is 132 cm³/mol. The summed E-state index contributed by atoms with van der Waals surface area (Å²) in [7, 11) is 1.66. The SMILES string of the molecule is COc1cccc([C@]23CCN(C(=O)OCC(Cl)(Cl)Cl)CC2Cc2c([nH]c4ccc(F)cc24)C3)c1. The second kappa shape index (κ2) is 8.81. The third kappa shape index (κ3) is 4.32. The Morgan fingerprint density at radius 1 is 1.26 bits per heavy atom. The second-order valence-electron chi connectivity index (χ2n) is 9.10. The molecule has 1 N–H and O–H groups in total. The molecule has 2 atom stereocenters. The van der Waals surface area contributed by atoms with E-state index >= 15 is 0 Å². The number of aromatic nitrogens is 1.